The van der Waals surface area contributed by atoms with E-state index in [-0.39, 0.29) is 5.75 Å². The number of benzene rings is 2. The molecule has 0 saturated heterocycles. The highest BCUT2D eigenvalue weighted by molar-refractivity contribution is 7.91. The second kappa shape index (κ2) is 6.76. The third-order valence-corrected chi connectivity index (χ3v) is 5.27. The summed E-state index contributed by atoms with van der Waals surface area (Å²) >= 11 is 0. The van der Waals surface area contributed by atoms with Gasteiger partial charge >= 0.3 is 0 Å². The second-order valence-electron chi connectivity index (χ2n) is 4.95. The van der Waals surface area contributed by atoms with Gasteiger partial charge in [0.05, 0.1) is 10.6 Å². The van der Waals surface area contributed by atoms with Crippen molar-refractivity contribution in [2.45, 2.75) is 31.7 Å². The summed E-state index contributed by atoms with van der Waals surface area (Å²) in [5.74, 6) is 0.129. The fourth-order valence-electron chi connectivity index (χ4n) is 2.04. The van der Waals surface area contributed by atoms with Gasteiger partial charge in [0, 0.05) is 12.2 Å². The SMILES string of the molecule is CCc1ccc(CNc2ccc(S(=O)(=O)CC)cc2)cc1. The van der Waals surface area contributed by atoms with Crippen LogP contribution in [0.5, 0.6) is 0 Å². The highest BCUT2D eigenvalue weighted by Crippen LogP contribution is 2.16. The Kier molecular flexibility index (Phi) is 5.02. The molecule has 0 saturated carbocycles. The molecule has 0 atom stereocenters. The molecule has 0 fully saturated rings. The summed E-state index contributed by atoms with van der Waals surface area (Å²) in [5, 5.41) is 3.30. The number of anilines is 1. The van der Waals surface area contributed by atoms with Crippen molar-refractivity contribution in [3.05, 3.63) is 59.7 Å². The molecule has 4 heteroatoms. The maximum atomic E-state index is 11.7. The quantitative estimate of drug-likeness (QED) is 0.886. The highest BCUT2D eigenvalue weighted by Gasteiger charge is 2.10. The van der Waals surface area contributed by atoms with E-state index in [1.165, 1.54) is 11.1 Å². The molecule has 2 aromatic carbocycles. The molecule has 0 unspecified atom stereocenters. The topological polar surface area (TPSA) is 46.2 Å². The zero-order valence-corrected chi connectivity index (χ0v) is 13.3. The van der Waals surface area contributed by atoms with Gasteiger partial charge in [0.1, 0.15) is 0 Å². The van der Waals surface area contributed by atoms with Gasteiger partial charge in [-0.2, -0.15) is 0 Å². The Hall–Kier alpha value is -1.81. The average molecular weight is 303 g/mol. The third kappa shape index (κ3) is 4.08. The van der Waals surface area contributed by atoms with Crippen molar-refractivity contribution >= 4 is 15.5 Å². The van der Waals surface area contributed by atoms with Crippen LogP contribution in [0.4, 0.5) is 5.69 Å². The molecule has 0 aliphatic carbocycles. The van der Waals surface area contributed by atoms with Crippen molar-refractivity contribution in [3.8, 4) is 0 Å². The molecular formula is C17H21NO2S. The molecule has 0 heterocycles. The maximum Gasteiger partial charge on any atom is 0.178 e. The van der Waals surface area contributed by atoms with Crippen LogP contribution in [0.2, 0.25) is 0 Å². The molecule has 0 bridgehead atoms. The first kappa shape index (κ1) is 15.6. The number of rotatable bonds is 6. The lowest BCUT2D eigenvalue weighted by atomic mass is 10.1. The summed E-state index contributed by atoms with van der Waals surface area (Å²) in [4.78, 5) is 0.378. The van der Waals surface area contributed by atoms with Crippen molar-refractivity contribution < 1.29 is 8.42 Å². The monoisotopic (exact) mass is 303 g/mol. The predicted molar refractivity (Wildman–Crippen MR) is 87.3 cm³/mol. The summed E-state index contributed by atoms with van der Waals surface area (Å²) in [6.45, 7) is 4.52. The molecule has 0 aliphatic heterocycles. The normalized spacial score (nSPS) is 11.3. The Morgan fingerprint density at radius 1 is 0.857 bits per heavy atom. The Morgan fingerprint density at radius 2 is 1.43 bits per heavy atom. The van der Waals surface area contributed by atoms with Crippen LogP contribution in [0.25, 0.3) is 0 Å². The lowest BCUT2D eigenvalue weighted by Crippen LogP contribution is -2.04. The molecule has 2 aromatic rings. The van der Waals surface area contributed by atoms with E-state index < -0.39 is 9.84 Å². The highest BCUT2D eigenvalue weighted by atomic mass is 32.2. The van der Waals surface area contributed by atoms with E-state index in [0.717, 1.165) is 18.7 Å². The van der Waals surface area contributed by atoms with Crippen LogP contribution >= 0.6 is 0 Å². The number of hydrogen-bond donors (Lipinski definition) is 1. The fourth-order valence-corrected chi connectivity index (χ4v) is 2.93. The first-order valence-electron chi connectivity index (χ1n) is 7.19. The van der Waals surface area contributed by atoms with E-state index in [1.54, 1.807) is 19.1 Å². The third-order valence-electron chi connectivity index (χ3n) is 3.52. The number of aryl methyl sites for hydroxylation is 1. The first-order chi connectivity index (χ1) is 10.0. The Morgan fingerprint density at radius 3 is 1.95 bits per heavy atom. The summed E-state index contributed by atoms with van der Waals surface area (Å²) in [7, 11) is -3.12. The first-order valence-corrected chi connectivity index (χ1v) is 8.85. The zero-order chi connectivity index (χ0) is 15.3. The Bertz CT molecular complexity index is 674. The van der Waals surface area contributed by atoms with Gasteiger partial charge in [0.15, 0.2) is 9.84 Å². The van der Waals surface area contributed by atoms with Gasteiger partial charge < -0.3 is 5.32 Å². The van der Waals surface area contributed by atoms with E-state index in [4.69, 9.17) is 0 Å². The van der Waals surface area contributed by atoms with E-state index in [1.807, 2.05) is 12.1 Å². The molecule has 21 heavy (non-hydrogen) atoms. The maximum absolute atomic E-state index is 11.7. The van der Waals surface area contributed by atoms with Crippen molar-refractivity contribution in [2.24, 2.45) is 0 Å². The molecule has 0 radical (unpaired) electrons. The average Bonchev–Trinajstić information content (AvgIpc) is 2.54. The van der Waals surface area contributed by atoms with Crippen LogP contribution < -0.4 is 5.32 Å². The van der Waals surface area contributed by atoms with Gasteiger partial charge in [-0.3, -0.25) is 0 Å². The molecule has 1 N–H and O–H groups in total. The zero-order valence-electron chi connectivity index (χ0n) is 12.5. The van der Waals surface area contributed by atoms with Crippen molar-refractivity contribution in [3.63, 3.8) is 0 Å². The smallest absolute Gasteiger partial charge is 0.178 e. The molecule has 0 spiro atoms. The van der Waals surface area contributed by atoms with Gasteiger partial charge in [-0.05, 0) is 41.8 Å². The summed E-state index contributed by atoms with van der Waals surface area (Å²) in [6.07, 6.45) is 1.04. The van der Waals surface area contributed by atoms with Crippen LogP contribution in [0.1, 0.15) is 25.0 Å². The van der Waals surface area contributed by atoms with E-state index >= 15 is 0 Å². The summed E-state index contributed by atoms with van der Waals surface area (Å²) in [6, 6.07) is 15.4. The van der Waals surface area contributed by atoms with Gasteiger partial charge in [-0.25, -0.2) is 8.42 Å². The molecule has 2 rings (SSSR count). The molecule has 0 aromatic heterocycles. The molecule has 3 nitrogen and oxygen atoms in total. The molecule has 112 valence electrons. The van der Waals surface area contributed by atoms with Crippen LogP contribution in [0.3, 0.4) is 0 Å². The minimum absolute atomic E-state index is 0.129. The fraction of sp³-hybridized carbons (Fsp3) is 0.294. The Balaban J connectivity index is 2.00. The molecule has 0 aliphatic rings. The van der Waals surface area contributed by atoms with Crippen molar-refractivity contribution in [1.82, 2.24) is 0 Å². The van der Waals surface area contributed by atoms with Crippen molar-refractivity contribution in [1.29, 1.82) is 0 Å². The van der Waals surface area contributed by atoms with Crippen LogP contribution in [0, 0.1) is 0 Å². The number of nitrogens with one attached hydrogen (secondary N) is 1. The van der Waals surface area contributed by atoms with Gasteiger partial charge in [-0.1, -0.05) is 38.1 Å². The van der Waals surface area contributed by atoms with Crippen molar-refractivity contribution in [2.75, 3.05) is 11.1 Å². The van der Waals surface area contributed by atoms with E-state index in [9.17, 15) is 8.42 Å². The predicted octanol–water partition coefficient (Wildman–Crippen LogP) is 3.65. The van der Waals surface area contributed by atoms with Gasteiger partial charge in [0.2, 0.25) is 0 Å². The van der Waals surface area contributed by atoms with Crippen LogP contribution in [-0.2, 0) is 22.8 Å². The van der Waals surface area contributed by atoms with E-state index in [2.05, 4.69) is 36.5 Å². The largest absolute Gasteiger partial charge is 0.381 e. The number of sulfone groups is 1. The molecular weight excluding hydrogens is 282 g/mol. The van der Waals surface area contributed by atoms with Crippen LogP contribution in [-0.4, -0.2) is 14.2 Å². The minimum atomic E-state index is -3.12. The minimum Gasteiger partial charge on any atom is -0.381 e. The van der Waals surface area contributed by atoms with E-state index in [0.29, 0.717) is 4.90 Å². The lowest BCUT2D eigenvalue weighted by Gasteiger charge is -2.08. The van der Waals surface area contributed by atoms with Gasteiger partial charge in [0.25, 0.3) is 0 Å². The summed E-state index contributed by atoms with van der Waals surface area (Å²) < 4.78 is 23.5. The second-order valence-corrected chi connectivity index (χ2v) is 7.23. The Labute approximate surface area is 126 Å². The van der Waals surface area contributed by atoms with Crippen LogP contribution in [0.15, 0.2) is 53.4 Å². The van der Waals surface area contributed by atoms with Gasteiger partial charge in [-0.15, -0.1) is 0 Å². The molecule has 0 amide bonds. The lowest BCUT2D eigenvalue weighted by molar-refractivity contribution is 0.597. The standard InChI is InChI=1S/C17H21NO2S/c1-3-14-5-7-15(8-6-14)13-18-16-9-11-17(12-10-16)21(19,20)4-2/h5-12,18H,3-4,13H2,1-2H3. The summed E-state index contributed by atoms with van der Waals surface area (Å²) in [5.41, 5.74) is 3.45. The number of hydrogen-bond acceptors (Lipinski definition) is 3.